The molecule has 0 amide bonds. The first-order valence-corrected chi connectivity index (χ1v) is 9.01. The predicted octanol–water partition coefficient (Wildman–Crippen LogP) is 3.78. The van der Waals surface area contributed by atoms with Crippen molar-refractivity contribution in [2.75, 3.05) is 6.54 Å². The van der Waals surface area contributed by atoms with Gasteiger partial charge >= 0.3 is 0 Å². The number of nitrogens with one attached hydrogen (secondary N) is 1. The molecular formula is C14H23NSi. The Morgan fingerprint density at radius 1 is 1.06 bits per heavy atom. The van der Waals surface area contributed by atoms with E-state index in [-0.39, 0.29) is 0 Å². The molecule has 0 aromatic carbocycles. The Hall–Kier alpha value is -0.603. The normalized spacial score (nSPS) is 31.8. The lowest BCUT2D eigenvalue weighted by Gasteiger charge is -2.37. The molecule has 0 bridgehead atoms. The summed E-state index contributed by atoms with van der Waals surface area (Å²) in [5.74, 6) is 0. The van der Waals surface area contributed by atoms with Gasteiger partial charge in [0.1, 0.15) is 8.24 Å². The van der Waals surface area contributed by atoms with Crippen LogP contribution in [0.15, 0.2) is 34.4 Å². The summed E-state index contributed by atoms with van der Waals surface area (Å²) in [6.07, 6.45) is 4.65. The fourth-order valence-electron chi connectivity index (χ4n) is 3.30. The molecule has 2 rings (SSSR count). The van der Waals surface area contributed by atoms with Crippen molar-refractivity contribution < 1.29 is 0 Å². The van der Waals surface area contributed by atoms with Crippen LogP contribution >= 0.6 is 0 Å². The van der Waals surface area contributed by atoms with Crippen LogP contribution in [-0.2, 0) is 0 Å². The van der Waals surface area contributed by atoms with E-state index in [0.717, 1.165) is 12.1 Å². The van der Waals surface area contributed by atoms with Crippen LogP contribution in [0.1, 0.15) is 27.7 Å². The molecule has 2 aliphatic rings. The Balaban J connectivity index is 2.39. The van der Waals surface area contributed by atoms with Crippen LogP contribution in [0.5, 0.6) is 0 Å². The number of hydrogen-bond acceptors (Lipinski definition) is 1. The molecule has 1 N–H and O–H groups in total. The zero-order valence-corrected chi connectivity index (χ0v) is 12.1. The van der Waals surface area contributed by atoms with Gasteiger partial charge in [-0.15, -0.1) is 0 Å². The van der Waals surface area contributed by atoms with Gasteiger partial charge in [0.25, 0.3) is 0 Å². The minimum absolute atomic E-state index is 0.720. The van der Waals surface area contributed by atoms with Crippen molar-refractivity contribution in [3.8, 4) is 0 Å². The standard InChI is InChI=1S/C14H23NSi/c1-10-11(2)13(4)14(12(10)3)16(5)9-7-6-8-15-16/h6-7,14-15H,8-9H2,1-5H3. The third kappa shape index (κ3) is 1.64. The van der Waals surface area contributed by atoms with Crippen LogP contribution in [0.3, 0.4) is 0 Å². The second-order valence-electron chi connectivity index (χ2n) is 5.52. The van der Waals surface area contributed by atoms with Gasteiger partial charge in [-0.25, -0.2) is 0 Å². The van der Waals surface area contributed by atoms with Gasteiger partial charge in [0, 0.05) is 12.1 Å². The first-order chi connectivity index (χ1) is 7.47. The maximum atomic E-state index is 3.82. The molecule has 1 unspecified atom stereocenters. The van der Waals surface area contributed by atoms with E-state index in [9.17, 15) is 0 Å². The molecular weight excluding hydrogens is 210 g/mol. The van der Waals surface area contributed by atoms with E-state index in [1.807, 2.05) is 0 Å². The summed E-state index contributed by atoms with van der Waals surface area (Å²) in [5, 5.41) is 0. The Bertz CT molecular complexity index is 379. The zero-order valence-electron chi connectivity index (χ0n) is 11.1. The smallest absolute Gasteiger partial charge is 0.137 e. The van der Waals surface area contributed by atoms with Gasteiger partial charge in [-0.05, 0) is 44.9 Å². The highest BCUT2D eigenvalue weighted by atomic mass is 28.3. The fraction of sp³-hybridized carbons (Fsp3) is 0.571. The second kappa shape index (κ2) is 4.01. The van der Waals surface area contributed by atoms with Crippen molar-refractivity contribution in [1.29, 1.82) is 0 Å². The van der Waals surface area contributed by atoms with Crippen molar-refractivity contribution in [2.24, 2.45) is 0 Å². The van der Waals surface area contributed by atoms with Crippen LogP contribution in [-0.4, -0.2) is 14.8 Å². The summed E-state index contributed by atoms with van der Waals surface area (Å²) in [7, 11) is -1.37. The van der Waals surface area contributed by atoms with Crippen LogP contribution in [0.2, 0.25) is 18.1 Å². The Morgan fingerprint density at radius 3 is 2.06 bits per heavy atom. The van der Waals surface area contributed by atoms with E-state index in [2.05, 4.69) is 51.4 Å². The number of hydrogen-bond donors (Lipinski definition) is 1. The van der Waals surface area contributed by atoms with Crippen LogP contribution in [0.4, 0.5) is 0 Å². The third-order valence-corrected chi connectivity index (χ3v) is 8.82. The van der Waals surface area contributed by atoms with E-state index in [4.69, 9.17) is 0 Å². The molecule has 0 aromatic heterocycles. The average molecular weight is 233 g/mol. The fourth-order valence-corrected chi connectivity index (χ4v) is 7.47. The largest absolute Gasteiger partial charge is 0.333 e. The van der Waals surface area contributed by atoms with Gasteiger partial charge in [0.2, 0.25) is 0 Å². The summed E-state index contributed by atoms with van der Waals surface area (Å²) in [6, 6.07) is 1.27. The van der Waals surface area contributed by atoms with Gasteiger partial charge in [-0.1, -0.05) is 29.8 Å². The first-order valence-electron chi connectivity index (χ1n) is 6.22. The summed E-state index contributed by atoms with van der Waals surface area (Å²) >= 11 is 0. The second-order valence-corrected chi connectivity index (χ2v) is 9.70. The molecule has 1 aliphatic carbocycles. The van der Waals surface area contributed by atoms with Gasteiger partial charge in [0.15, 0.2) is 0 Å². The minimum atomic E-state index is -1.37. The molecule has 0 saturated heterocycles. The number of rotatable bonds is 1. The molecule has 0 spiro atoms. The van der Waals surface area contributed by atoms with Crippen molar-refractivity contribution in [3.05, 3.63) is 34.4 Å². The van der Waals surface area contributed by atoms with E-state index in [0.29, 0.717) is 0 Å². The molecule has 0 fully saturated rings. The van der Waals surface area contributed by atoms with Crippen LogP contribution < -0.4 is 4.98 Å². The monoisotopic (exact) mass is 233 g/mol. The lowest BCUT2D eigenvalue weighted by atomic mass is 10.1. The van der Waals surface area contributed by atoms with Gasteiger partial charge in [-0.3, -0.25) is 0 Å². The maximum Gasteiger partial charge on any atom is 0.137 e. The SMILES string of the molecule is CC1=C(C)C([Si]2(C)CC=CCN2)C(C)=C1C. The molecule has 1 nitrogen and oxygen atoms in total. The lowest BCUT2D eigenvalue weighted by molar-refractivity contribution is 0.916. The summed E-state index contributed by atoms with van der Waals surface area (Å²) in [4.78, 5) is 3.82. The molecule has 1 aliphatic heterocycles. The molecule has 0 aromatic rings. The van der Waals surface area contributed by atoms with E-state index in [1.165, 1.54) is 17.2 Å². The third-order valence-electron chi connectivity index (χ3n) is 4.58. The molecule has 2 heteroatoms. The highest BCUT2D eigenvalue weighted by Gasteiger charge is 2.41. The van der Waals surface area contributed by atoms with Crippen LogP contribution in [0, 0.1) is 0 Å². The lowest BCUT2D eigenvalue weighted by Crippen LogP contribution is -2.53. The van der Waals surface area contributed by atoms with Gasteiger partial charge in [-0.2, -0.15) is 0 Å². The summed E-state index contributed by atoms with van der Waals surface area (Å²) < 4.78 is 0. The van der Waals surface area contributed by atoms with Crippen LogP contribution in [0.25, 0.3) is 0 Å². The maximum absolute atomic E-state index is 3.82. The predicted molar refractivity (Wildman–Crippen MR) is 74.1 cm³/mol. The van der Waals surface area contributed by atoms with Gasteiger partial charge < -0.3 is 4.98 Å². The highest BCUT2D eigenvalue weighted by molar-refractivity contribution is 6.79. The Labute approximate surface area is 100 Å². The van der Waals surface area contributed by atoms with E-state index < -0.39 is 8.24 Å². The van der Waals surface area contributed by atoms with Gasteiger partial charge in [0.05, 0.1) is 0 Å². The Kier molecular flexibility index (Phi) is 2.97. The van der Waals surface area contributed by atoms with Crippen molar-refractivity contribution in [3.63, 3.8) is 0 Å². The number of allylic oxidation sites excluding steroid dienone is 5. The molecule has 88 valence electrons. The molecule has 1 atom stereocenters. The molecule has 1 heterocycles. The van der Waals surface area contributed by atoms with Crippen molar-refractivity contribution >= 4 is 8.24 Å². The highest BCUT2D eigenvalue weighted by Crippen LogP contribution is 2.47. The van der Waals surface area contributed by atoms with Crippen molar-refractivity contribution in [1.82, 2.24) is 4.98 Å². The Morgan fingerprint density at radius 2 is 1.62 bits per heavy atom. The minimum Gasteiger partial charge on any atom is -0.333 e. The quantitative estimate of drug-likeness (QED) is 0.537. The molecule has 0 radical (unpaired) electrons. The van der Waals surface area contributed by atoms with E-state index >= 15 is 0 Å². The first kappa shape index (κ1) is 11.9. The average Bonchev–Trinajstić information content (AvgIpc) is 2.45. The van der Waals surface area contributed by atoms with E-state index in [1.54, 1.807) is 11.1 Å². The zero-order chi connectivity index (χ0) is 11.9. The molecule has 16 heavy (non-hydrogen) atoms. The summed E-state index contributed by atoms with van der Waals surface area (Å²) in [5.41, 5.74) is 7.02. The van der Waals surface area contributed by atoms with Crippen molar-refractivity contribution in [2.45, 2.75) is 45.8 Å². The topological polar surface area (TPSA) is 12.0 Å². The molecule has 0 saturated carbocycles. The summed E-state index contributed by atoms with van der Waals surface area (Å²) in [6.45, 7) is 12.8.